The zero-order chi connectivity index (χ0) is 14.8. The highest BCUT2D eigenvalue weighted by Gasteiger charge is 2.11. The van der Waals surface area contributed by atoms with Gasteiger partial charge in [0, 0.05) is 23.0 Å². The molecule has 4 nitrogen and oxygen atoms in total. The minimum Gasteiger partial charge on any atom is -0.322 e. The lowest BCUT2D eigenvalue weighted by Crippen LogP contribution is -2.07. The van der Waals surface area contributed by atoms with Crippen molar-refractivity contribution in [3.8, 4) is 0 Å². The van der Waals surface area contributed by atoms with Crippen LogP contribution in [0.15, 0.2) is 35.1 Å². The van der Waals surface area contributed by atoms with Crippen LogP contribution in [0.1, 0.15) is 17.2 Å². The summed E-state index contributed by atoms with van der Waals surface area (Å²) in [5.41, 5.74) is 3.88. The molecule has 0 spiro atoms. The molecule has 0 unspecified atom stereocenters. The van der Waals surface area contributed by atoms with E-state index in [0.29, 0.717) is 12.4 Å². The lowest BCUT2D eigenvalue weighted by atomic mass is 10.3. The second-order valence-corrected chi connectivity index (χ2v) is 6.13. The van der Waals surface area contributed by atoms with Crippen molar-refractivity contribution in [1.29, 1.82) is 0 Å². The molecule has 3 aromatic rings. The van der Waals surface area contributed by atoms with Crippen LogP contribution in [0.25, 0.3) is 11.0 Å². The third-order valence-electron chi connectivity index (χ3n) is 3.26. The molecule has 2 aromatic heterocycles. The zero-order valence-corrected chi connectivity index (χ0v) is 13.9. The normalized spacial score (nSPS) is 11.2. The van der Waals surface area contributed by atoms with E-state index in [1.807, 2.05) is 25.3 Å². The lowest BCUT2D eigenvalue weighted by molar-refractivity contribution is 0.732. The van der Waals surface area contributed by atoms with Crippen molar-refractivity contribution in [2.45, 2.75) is 19.9 Å². The van der Waals surface area contributed by atoms with Gasteiger partial charge < -0.3 is 4.57 Å². The number of hydrogen-bond acceptors (Lipinski definition) is 3. The summed E-state index contributed by atoms with van der Waals surface area (Å²) in [6, 6.07) is 6.10. The molecule has 0 N–H and O–H groups in total. The summed E-state index contributed by atoms with van der Waals surface area (Å²) in [6.45, 7) is 2.58. The van der Waals surface area contributed by atoms with Crippen LogP contribution in [-0.4, -0.2) is 25.4 Å². The first-order valence-electron chi connectivity index (χ1n) is 6.65. The topological polar surface area (TPSA) is 43.6 Å². The largest absolute Gasteiger partial charge is 0.322 e. The van der Waals surface area contributed by atoms with Gasteiger partial charge in [-0.2, -0.15) is 0 Å². The SMILES string of the molecule is Cc1cnc(Cn2c(CCCl)nc3cc(Br)ccc32)cn1. The average molecular weight is 366 g/mol. The summed E-state index contributed by atoms with van der Waals surface area (Å²) in [5.74, 6) is 1.52. The first kappa shape index (κ1) is 14.5. The summed E-state index contributed by atoms with van der Waals surface area (Å²) >= 11 is 9.38. The van der Waals surface area contributed by atoms with E-state index in [1.165, 1.54) is 0 Å². The molecule has 0 fully saturated rings. The molecule has 0 saturated carbocycles. The summed E-state index contributed by atoms with van der Waals surface area (Å²) in [7, 11) is 0. The maximum atomic E-state index is 5.90. The highest BCUT2D eigenvalue weighted by molar-refractivity contribution is 9.10. The number of benzene rings is 1. The van der Waals surface area contributed by atoms with E-state index in [0.717, 1.165) is 39.1 Å². The molecule has 0 atom stereocenters. The summed E-state index contributed by atoms with van der Waals surface area (Å²) < 4.78 is 3.18. The second-order valence-electron chi connectivity index (χ2n) is 4.84. The Morgan fingerprint density at radius 2 is 2.10 bits per heavy atom. The van der Waals surface area contributed by atoms with Gasteiger partial charge in [-0.15, -0.1) is 11.6 Å². The van der Waals surface area contributed by atoms with E-state index >= 15 is 0 Å². The van der Waals surface area contributed by atoms with Gasteiger partial charge in [0.05, 0.1) is 35.2 Å². The number of aryl methyl sites for hydroxylation is 2. The Hall–Kier alpha value is -1.46. The summed E-state index contributed by atoms with van der Waals surface area (Å²) in [5, 5.41) is 0. The number of imidazole rings is 1. The van der Waals surface area contributed by atoms with Crippen molar-refractivity contribution >= 4 is 38.6 Å². The fourth-order valence-electron chi connectivity index (χ4n) is 2.27. The second kappa shape index (κ2) is 6.12. The Kier molecular flexibility index (Phi) is 4.22. The molecule has 0 saturated heterocycles. The van der Waals surface area contributed by atoms with E-state index in [-0.39, 0.29) is 0 Å². The maximum absolute atomic E-state index is 5.90. The van der Waals surface area contributed by atoms with Crippen LogP contribution in [0, 0.1) is 6.92 Å². The Morgan fingerprint density at radius 3 is 2.81 bits per heavy atom. The van der Waals surface area contributed by atoms with Crippen LogP contribution in [0.5, 0.6) is 0 Å². The van der Waals surface area contributed by atoms with Gasteiger partial charge in [-0.05, 0) is 25.1 Å². The van der Waals surface area contributed by atoms with Gasteiger partial charge in [0.2, 0.25) is 0 Å². The Labute approximate surface area is 136 Å². The Morgan fingerprint density at radius 1 is 1.24 bits per heavy atom. The van der Waals surface area contributed by atoms with Gasteiger partial charge in [0.25, 0.3) is 0 Å². The summed E-state index contributed by atoms with van der Waals surface area (Å²) in [4.78, 5) is 13.4. The number of nitrogens with zero attached hydrogens (tertiary/aromatic N) is 4. The lowest BCUT2D eigenvalue weighted by Gasteiger charge is -2.08. The van der Waals surface area contributed by atoms with E-state index < -0.39 is 0 Å². The van der Waals surface area contributed by atoms with Crippen molar-refractivity contribution in [1.82, 2.24) is 19.5 Å². The minimum absolute atomic E-state index is 0.546. The highest BCUT2D eigenvalue weighted by atomic mass is 79.9. The van der Waals surface area contributed by atoms with Gasteiger partial charge in [0.1, 0.15) is 5.82 Å². The molecular weight excluding hydrogens is 352 g/mol. The third kappa shape index (κ3) is 3.09. The smallest absolute Gasteiger partial charge is 0.111 e. The van der Waals surface area contributed by atoms with Gasteiger partial charge in [-0.25, -0.2) is 4.98 Å². The van der Waals surface area contributed by atoms with Gasteiger partial charge in [0.15, 0.2) is 0 Å². The number of alkyl halides is 1. The molecule has 0 aliphatic rings. The molecular formula is C15H14BrClN4. The van der Waals surface area contributed by atoms with Crippen LogP contribution in [0.2, 0.25) is 0 Å². The average Bonchev–Trinajstić information content (AvgIpc) is 2.79. The van der Waals surface area contributed by atoms with E-state index in [1.54, 1.807) is 6.20 Å². The van der Waals surface area contributed by atoms with E-state index in [9.17, 15) is 0 Å². The first-order chi connectivity index (χ1) is 10.2. The number of halogens is 2. The van der Waals surface area contributed by atoms with E-state index in [2.05, 4.69) is 41.5 Å². The van der Waals surface area contributed by atoms with Crippen molar-refractivity contribution in [3.63, 3.8) is 0 Å². The molecule has 3 rings (SSSR count). The number of aromatic nitrogens is 4. The summed E-state index contributed by atoms with van der Waals surface area (Å²) in [6.07, 6.45) is 4.32. The van der Waals surface area contributed by atoms with Gasteiger partial charge in [-0.3, -0.25) is 9.97 Å². The molecule has 0 amide bonds. The predicted molar refractivity (Wildman–Crippen MR) is 87.7 cm³/mol. The van der Waals surface area contributed by atoms with Crippen LogP contribution in [0.3, 0.4) is 0 Å². The maximum Gasteiger partial charge on any atom is 0.111 e. The third-order valence-corrected chi connectivity index (χ3v) is 3.94. The molecule has 0 bridgehead atoms. The van der Waals surface area contributed by atoms with E-state index in [4.69, 9.17) is 11.6 Å². The van der Waals surface area contributed by atoms with Crippen molar-refractivity contribution in [2.75, 3.05) is 5.88 Å². The van der Waals surface area contributed by atoms with Gasteiger partial charge in [-0.1, -0.05) is 15.9 Å². The predicted octanol–water partition coefficient (Wildman–Crippen LogP) is 3.73. The van der Waals surface area contributed by atoms with Crippen LogP contribution < -0.4 is 0 Å². The molecule has 21 heavy (non-hydrogen) atoms. The molecule has 6 heteroatoms. The molecule has 1 aromatic carbocycles. The molecule has 0 aliphatic carbocycles. The minimum atomic E-state index is 0.546. The molecule has 108 valence electrons. The molecule has 0 radical (unpaired) electrons. The number of rotatable bonds is 4. The monoisotopic (exact) mass is 364 g/mol. The fraction of sp³-hybridized carbons (Fsp3) is 0.267. The van der Waals surface area contributed by atoms with Crippen molar-refractivity contribution < 1.29 is 0 Å². The van der Waals surface area contributed by atoms with Crippen molar-refractivity contribution in [3.05, 3.63) is 52.3 Å². The Bertz CT molecular complexity index is 767. The van der Waals surface area contributed by atoms with Crippen LogP contribution >= 0.6 is 27.5 Å². The van der Waals surface area contributed by atoms with Gasteiger partial charge >= 0.3 is 0 Å². The highest BCUT2D eigenvalue weighted by Crippen LogP contribution is 2.22. The standard InChI is InChI=1S/C15H14BrClN4/c1-10-7-19-12(8-18-10)9-21-14-3-2-11(16)6-13(14)20-15(21)4-5-17/h2-3,6-8H,4-5,9H2,1H3. The van der Waals surface area contributed by atoms with Crippen molar-refractivity contribution in [2.24, 2.45) is 0 Å². The Balaban J connectivity index is 2.06. The number of fused-ring (bicyclic) bond motifs is 1. The zero-order valence-electron chi connectivity index (χ0n) is 11.6. The number of hydrogen-bond donors (Lipinski definition) is 0. The first-order valence-corrected chi connectivity index (χ1v) is 7.98. The fourth-order valence-corrected chi connectivity index (χ4v) is 2.79. The van der Waals surface area contributed by atoms with Crippen LogP contribution in [-0.2, 0) is 13.0 Å². The quantitative estimate of drug-likeness (QED) is 0.662. The van der Waals surface area contributed by atoms with Crippen LogP contribution in [0.4, 0.5) is 0 Å². The molecule has 0 aliphatic heterocycles. The molecule has 2 heterocycles.